The van der Waals surface area contributed by atoms with Gasteiger partial charge in [0.05, 0.1) is 24.6 Å². The maximum absolute atomic E-state index is 11.5. The molecule has 112 valence electrons. The summed E-state index contributed by atoms with van der Waals surface area (Å²) in [5.74, 6) is 0.223. The minimum absolute atomic E-state index is 0.335. The van der Waals surface area contributed by atoms with E-state index in [1.165, 1.54) is 45.4 Å². The number of aromatic nitrogens is 1. The Balaban J connectivity index is 2.35. The fourth-order valence-electron chi connectivity index (χ4n) is 1.97. The number of rotatable bonds is 9. The second-order valence-corrected chi connectivity index (χ2v) is 4.84. The molecule has 0 saturated carbocycles. The zero-order chi connectivity index (χ0) is 14.8. The Kier molecular flexibility index (Phi) is 7.47. The number of carbonyl (C=O) groups excluding carboxylic acids is 1. The summed E-state index contributed by atoms with van der Waals surface area (Å²) >= 11 is 0. The molecule has 0 unspecified atom stereocenters. The lowest BCUT2D eigenvalue weighted by atomic mass is 10.1. The molecule has 1 aromatic heterocycles. The molecule has 20 heavy (non-hydrogen) atoms. The lowest BCUT2D eigenvalue weighted by Gasteiger charge is -2.08. The molecule has 0 aliphatic carbocycles. The van der Waals surface area contributed by atoms with E-state index in [0.29, 0.717) is 17.1 Å². The molecular formula is C15H25N3O2. The van der Waals surface area contributed by atoms with Crippen LogP contribution in [-0.2, 0) is 4.74 Å². The van der Waals surface area contributed by atoms with E-state index in [0.717, 1.165) is 13.0 Å². The summed E-state index contributed by atoms with van der Waals surface area (Å²) in [5, 5.41) is 3.21. The summed E-state index contributed by atoms with van der Waals surface area (Å²) in [6.07, 6.45) is 8.96. The normalized spacial score (nSPS) is 10.3. The Morgan fingerprint density at radius 1 is 1.30 bits per heavy atom. The van der Waals surface area contributed by atoms with Gasteiger partial charge in [-0.2, -0.15) is 0 Å². The first-order valence-electron chi connectivity index (χ1n) is 7.26. The van der Waals surface area contributed by atoms with Gasteiger partial charge in [-0.25, -0.2) is 9.78 Å². The van der Waals surface area contributed by atoms with Crippen molar-refractivity contribution in [1.29, 1.82) is 0 Å². The number of unbranched alkanes of at least 4 members (excludes halogenated alkanes) is 5. The molecule has 0 atom stereocenters. The van der Waals surface area contributed by atoms with Crippen LogP contribution in [-0.4, -0.2) is 24.6 Å². The molecular weight excluding hydrogens is 254 g/mol. The minimum atomic E-state index is -0.437. The Morgan fingerprint density at radius 3 is 2.70 bits per heavy atom. The molecule has 0 aliphatic rings. The third-order valence-corrected chi connectivity index (χ3v) is 3.18. The molecule has 5 heteroatoms. The molecule has 0 fully saturated rings. The van der Waals surface area contributed by atoms with Crippen molar-refractivity contribution in [2.24, 2.45) is 0 Å². The Morgan fingerprint density at radius 2 is 2.00 bits per heavy atom. The van der Waals surface area contributed by atoms with Gasteiger partial charge < -0.3 is 15.8 Å². The van der Waals surface area contributed by atoms with Crippen molar-refractivity contribution >= 4 is 17.5 Å². The van der Waals surface area contributed by atoms with Crippen LogP contribution in [0.2, 0.25) is 0 Å². The van der Waals surface area contributed by atoms with E-state index in [4.69, 9.17) is 5.73 Å². The van der Waals surface area contributed by atoms with Crippen LogP contribution in [0.15, 0.2) is 12.3 Å². The highest BCUT2D eigenvalue weighted by Crippen LogP contribution is 2.16. The molecule has 0 aromatic carbocycles. The van der Waals surface area contributed by atoms with Crippen LogP contribution < -0.4 is 11.1 Å². The van der Waals surface area contributed by atoms with Crippen molar-refractivity contribution in [2.45, 2.75) is 45.4 Å². The van der Waals surface area contributed by atoms with Crippen molar-refractivity contribution in [2.75, 3.05) is 24.7 Å². The second-order valence-electron chi connectivity index (χ2n) is 4.84. The van der Waals surface area contributed by atoms with Crippen molar-refractivity contribution < 1.29 is 9.53 Å². The van der Waals surface area contributed by atoms with E-state index in [-0.39, 0.29) is 0 Å². The van der Waals surface area contributed by atoms with E-state index >= 15 is 0 Å². The van der Waals surface area contributed by atoms with Gasteiger partial charge in [0.15, 0.2) is 0 Å². The van der Waals surface area contributed by atoms with E-state index in [1.54, 1.807) is 6.07 Å². The van der Waals surface area contributed by atoms with Gasteiger partial charge in [-0.3, -0.25) is 0 Å². The highest BCUT2D eigenvalue weighted by atomic mass is 16.5. The lowest BCUT2D eigenvalue weighted by Crippen LogP contribution is -2.09. The highest BCUT2D eigenvalue weighted by molar-refractivity contribution is 5.95. The van der Waals surface area contributed by atoms with Crippen molar-refractivity contribution in [3.63, 3.8) is 0 Å². The SMILES string of the molecule is CCCCCCCCNc1cc(C(=O)OC)c(N)cn1. The van der Waals surface area contributed by atoms with Gasteiger partial charge in [0.2, 0.25) is 0 Å². The van der Waals surface area contributed by atoms with Gasteiger partial charge in [-0.1, -0.05) is 39.0 Å². The van der Waals surface area contributed by atoms with Gasteiger partial charge in [-0.15, -0.1) is 0 Å². The Hall–Kier alpha value is -1.78. The largest absolute Gasteiger partial charge is 0.465 e. The smallest absolute Gasteiger partial charge is 0.340 e. The van der Waals surface area contributed by atoms with Crippen LogP contribution in [0, 0.1) is 0 Å². The van der Waals surface area contributed by atoms with Crippen LogP contribution in [0.1, 0.15) is 55.8 Å². The predicted octanol–water partition coefficient (Wildman–Crippen LogP) is 3.22. The maximum atomic E-state index is 11.5. The predicted molar refractivity (Wildman–Crippen MR) is 81.9 cm³/mol. The number of nitrogens with zero attached hydrogens (tertiary/aromatic N) is 1. The van der Waals surface area contributed by atoms with Gasteiger partial charge in [0.1, 0.15) is 5.82 Å². The van der Waals surface area contributed by atoms with Crippen molar-refractivity contribution in [3.05, 3.63) is 17.8 Å². The lowest BCUT2D eigenvalue weighted by molar-refractivity contribution is 0.0602. The molecule has 0 aliphatic heterocycles. The summed E-state index contributed by atoms with van der Waals surface area (Å²) < 4.78 is 4.68. The van der Waals surface area contributed by atoms with Crippen LogP contribution in [0.4, 0.5) is 11.5 Å². The molecule has 0 radical (unpaired) electrons. The van der Waals surface area contributed by atoms with E-state index in [1.807, 2.05) is 0 Å². The number of pyridine rings is 1. The Bertz CT molecular complexity index is 422. The topological polar surface area (TPSA) is 77.2 Å². The fourth-order valence-corrected chi connectivity index (χ4v) is 1.97. The highest BCUT2D eigenvalue weighted by Gasteiger charge is 2.11. The molecule has 0 spiro atoms. The van der Waals surface area contributed by atoms with Gasteiger partial charge in [-0.05, 0) is 12.5 Å². The van der Waals surface area contributed by atoms with Crippen LogP contribution in [0.5, 0.6) is 0 Å². The number of esters is 1. The first kappa shape index (κ1) is 16.3. The molecule has 5 nitrogen and oxygen atoms in total. The third kappa shape index (κ3) is 5.47. The Labute approximate surface area is 120 Å². The summed E-state index contributed by atoms with van der Waals surface area (Å²) in [7, 11) is 1.34. The molecule has 1 heterocycles. The number of ether oxygens (including phenoxy) is 1. The number of hydrogen-bond acceptors (Lipinski definition) is 5. The summed E-state index contributed by atoms with van der Waals surface area (Å²) in [4.78, 5) is 15.7. The standard InChI is InChI=1S/C15H25N3O2/c1-3-4-5-6-7-8-9-17-14-10-12(15(19)20-2)13(16)11-18-14/h10-11H,3-9,16H2,1-2H3,(H,17,18). The van der Waals surface area contributed by atoms with Crippen molar-refractivity contribution in [1.82, 2.24) is 4.98 Å². The van der Waals surface area contributed by atoms with Crippen LogP contribution in [0.25, 0.3) is 0 Å². The monoisotopic (exact) mass is 279 g/mol. The van der Waals surface area contributed by atoms with Crippen LogP contribution in [0.3, 0.4) is 0 Å². The number of carbonyl (C=O) groups is 1. The molecule has 1 aromatic rings. The first-order chi connectivity index (χ1) is 9.69. The second kappa shape index (κ2) is 9.18. The average molecular weight is 279 g/mol. The molecule has 0 bridgehead atoms. The van der Waals surface area contributed by atoms with Crippen LogP contribution >= 0.6 is 0 Å². The summed E-state index contributed by atoms with van der Waals surface area (Å²) in [6, 6.07) is 1.64. The molecule has 3 N–H and O–H groups in total. The first-order valence-corrected chi connectivity index (χ1v) is 7.26. The fraction of sp³-hybridized carbons (Fsp3) is 0.600. The number of nitrogens with two attached hydrogens (primary N) is 1. The zero-order valence-electron chi connectivity index (χ0n) is 12.4. The summed E-state index contributed by atoms with van der Waals surface area (Å²) in [5.41, 5.74) is 6.39. The molecule has 1 rings (SSSR count). The zero-order valence-corrected chi connectivity index (χ0v) is 12.4. The van der Waals surface area contributed by atoms with Gasteiger partial charge >= 0.3 is 5.97 Å². The minimum Gasteiger partial charge on any atom is -0.465 e. The van der Waals surface area contributed by atoms with E-state index < -0.39 is 5.97 Å². The van der Waals surface area contributed by atoms with Gasteiger partial charge in [0, 0.05) is 6.54 Å². The summed E-state index contributed by atoms with van der Waals surface area (Å²) in [6.45, 7) is 3.07. The van der Waals surface area contributed by atoms with E-state index in [2.05, 4.69) is 22.0 Å². The van der Waals surface area contributed by atoms with Gasteiger partial charge in [0.25, 0.3) is 0 Å². The average Bonchev–Trinajstić information content (AvgIpc) is 2.47. The number of anilines is 2. The third-order valence-electron chi connectivity index (χ3n) is 3.18. The number of hydrogen-bond donors (Lipinski definition) is 2. The number of nitrogen functional groups attached to an aromatic ring is 1. The maximum Gasteiger partial charge on any atom is 0.340 e. The number of nitrogens with one attached hydrogen (secondary N) is 1. The number of methoxy groups -OCH3 is 1. The molecule has 0 amide bonds. The van der Waals surface area contributed by atoms with Crippen molar-refractivity contribution in [3.8, 4) is 0 Å². The quantitative estimate of drug-likeness (QED) is 0.536. The van der Waals surface area contributed by atoms with E-state index in [9.17, 15) is 4.79 Å². The molecule has 0 saturated heterocycles.